The van der Waals surface area contributed by atoms with Crippen LogP contribution in [0.5, 0.6) is 5.75 Å². The van der Waals surface area contributed by atoms with Gasteiger partial charge in [-0.3, -0.25) is 0 Å². The topological polar surface area (TPSA) is 18.5 Å². The van der Waals surface area contributed by atoms with Crippen LogP contribution in [0.1, 0.15) is 63.1 Å². The molecule has 0 aliphatic rings. The minimum Gasteiger partial charge on any atom is -0.465 e. The Labute approximate surface area is 146 Å². The molecular weight excluding hydrogens is 296 g/mol. The van der Waals surface area contributed by atoms with Crippen molar-refractivity contribution in [2.75, 3.05) is 0 Å². The van der Waals surface area contributed by atoms with Crippen LogP contribution in [0.25, 0.3) is 0 Å². The first-order valence-corrected chi connectivity index (χ1v) is 9.12. The zero-order valence-electron chi connectivity index (χ0n) is 15.4. The van der Waals surface area contributed by atoms with Gasteiger partial charge in [0.1, 0.15) is 5.75 Å². The molecule has 2 aromatic carbocycles. The van der Waals surface area contributed by atoms with E-state index in [4.69, 9.17) is 9.47 Å². The third kappa shape index (κ3) is 5.38. The highest BCUT2D eigenvalue weighted by Crippen LogP contribution is 2.22. The predicted molar refractivity (Wildman–Crippen MR) is 100 cm³/mol. The van der Waals surface area contributed by atoms with Crippen molar-refractivity contribution in [1.29, 1.82) is 0 Å². The summed E-state index contributed by atoms with van der Waals surface area (Å²) in [6.45, 7) is 9.28. The van der Waals surface area contributed by atoms with Crippen LogP contribution in [-0.4, -0.2) is 6.29 Å². The van der Waals surface area contributed by atoms with Crippen molar-refractivity contribution in [3.05, 3.63) is 65.2 Å². The van der Waals surface area contributed by atoms with Gasteiger partial charge in [-0.05, 0) is 47.6 Å². The molecule has 130 valence electrons. The van der Waals surface area contributed by atoms with Crippen LogP contribution in [0.2, 0.25) is 0 Å². The molecule has 0 aliphatic carbocycles. The number of benzene rings is 2. The van der Waals surface area contributed by atoms with Gasteiger partial charge in [-0.25, -0.2) is 0 Å². The van der Waals surface area contributed by atoms with Crippen molar-refractivity contribution in [2.45, 2.75) is 65.8 Å². The lowest BCUT2D eigenvalue weighted by molar-refractivity contribution is -0.0905. The van der Waals surface area contributed by atoms with Crippen molar-refractivity contribution >= 4 is 0 Å². The van der Waals surface area contributed by atoms with Crippen LogP contribution in [0.3, 0.4) is 0 Å². The Morgan fingerprint density at radius 2 is 1.42 bits per heavy atom. The van der Waals surface area contributed by atoms with E-state index in [9.17, 15) is 0 Å². The van der Waals surface area contributed by atoms with Gasteiger partial charge in [-0.1, -0.05) is 64.1 Å². The third-order valence-electron chi connectivity index (χ3n) is 4.53. The second-order valence-corrected chi connectivity index (χ2v) is 6.32. The summed E-state index contributed by atoms with van der Waals surface area (Å²) in [5, 5.41) is 0. The van der Waals surface area contributed by atoms with Crippen molar-refractivity contribution in [2.24, 2.45) is 0 Å². The van der Waals surface area contributed by atoms with Gasteiger partial charge in [0.25, 0.3) is 0 Å². The van der Waals surface area contributed by atoms with Gasteiger partial charge in [-0.2, -0.15) is 0 Å². The number of hydrogen-bond donors (Lipinski definition) is 0. The molecular formula is C22H30O2. The van der Waals surface area contributed by atoms with Gasteiger partial charge in [0.2, 0.25) is 0 Å². The lowest BCUT2D eigenvalue weighted by atomic mass is 9.99. The lowest BCUT2D eigenvalue weighted by Gasteiger charge is -2.19. The zero-order valence-corrected chi connectivity index (χ0v) is 15.4. The first kappa shape index (κ1) is 18.5. The molecule has 0 radical (unpaired) electrons. The molecule has 0 fully saturated rings. The monoisotopic (exact) mass is 326 g/mol. The van der Waals surface area contributed by atoms with Crippen molar-refractivity contribution in [1.82, 2.24) is 0 Å². The summed E-state index contributed by atoms with van der Waals surface area (Å²) in [5.41, 5.74) is 3.89. The molecule has 0 aromatic heterocycles. The highest BCUT2D eigenvalue weighted by atomic mass is 16.7. The van der Waals surface area contributed by atoms with Crippen LogP contribution >= 0.6 is 0 Å². The summed E-state index contributed by atoms with van der Waals surface area (Å²) in [5.74, 6) is 1.46. The van der Waals surface area contributed by atoms with Crippen molar-refractivity contribution in [3.8, 4) is 5.75 Å². The second-order valence-electron chi connectivity index (χ2n) is 6.32. The zero-order chi connectivity index (χ0) is 17.4. The summed E-state index contributed by atoms with van der Waals surface area (Å²) in [7, 11) is 0. The molecule has 2 atom stereocenters. The molecule has 0 spiro atoms. The molecule has 2 rings (SSSR count). The average molecular weight is 326 g/mol. The van der Waals surface area contributed by atoms with Crippen LogP contribution in [-0.2, 0) is 17.8 Å². The van der Waals surface area contributed by atoms with Gasteiger partial charge in [0, 0.05) is 6.42 Å². The summed E-state index contributed by atoms with van der Waals surface area (Å²) in [6.07, 6.45) is 2.82. The molecule has 0 saturated carbocycles. The van der Waals surface area contributed by atoms with E-state index in [1.54, 1.807) is 0 Å². The highest BCUT2D eigenvalue weighted by Gasteiger charge is 2.10. The molecule has 2 nitrogen and oxygen atoms in total. The summed E-state index contributed by atoms with van der Waals surface area (Å²) < 4.78 is 11.9. The molecule has 0 aliphatic heterocycles. The van der Waals surface area contributed by atoms with Gasteiger partial charge in [-0.15, -0.1) is 0 Å². The lowest BCUT2D eigenvalue weighted by Crippen LogP contribution is -2.19. The summed E-state index contributed by atoms with van der Waals surface area (Å²) >= 11 is 0. The summed E-state index contributed by atoms with van der Waals surface area (Å²) in [4.78, 5) is 0. The SMILES string of the molecule is CCc1ccc(COC(CC)Oc2ccc(C(C)CC)cc2)cc1. The number of aryl methyl sites for hydroxylation is 1. The quantitative estimate of drug-likeness (QED) is 0.519. The van der Waals surface area contributed by atoms with Crippen molar-refractivity contribution in [3.63, 3.8) is 0 Å². The second kappa shape index (κ2) is 9.48. The van der Waals surface area contributed by atoms with Crippen LogP contribution in [0.15, 0.2) is 48.5 Å². The number of ether oxygens (including phenoxy) is 2. The van der Waals surface area contributed by atoms with E-state index in [0.29, 0.717) is 12.5 Å². The fourth-order valence-electron chi connectivity index (χ4n) is 2.56. The largest absolute Gasteiger partial charge is 0.465 e. The maximum atomic E-state index is 5.98. The Morgan fingerprint density at radius 3 is 1.96 bits per heavy atom. The van der Waals surface area contributed by atoms with Gasteiger partial charge in [0.05, 0.1) is 6.61 Å². The number of hydrogen-bond acceptors (Lipinski definition) is 2. The Morgan fingerprint density at radius 1 is 0.792 bits per heavy atom. The normalized spacial score (nSPS) is 13.5. The smallest absolute Gasteiger partial charge is 0.199 e. The third-order valence-corrected chi connectivity index (χ3v) is 4.53. The Hall–Kier alpha value is -1.80. The molecule has 0 heterocycles. The van der Waals surface area contributed by atoms with E-state index in [0.717, 1.165) is 25.0 Å². The number of rotatable bonds is 9. The molecule has 0 bridgehead atoms. The van der Waals surface area contributed by atoms with E-state index in [-0.39, 0.29) is 6.29 Å². The first-order valence-electron chi connectivity index (χ1n) is 9.12. The minimum absolute atomic E-state index is 0.217. The van der Waals surface area contributed by atoms with E-state index >= 15 is 0 Å². The van der Waals surface area contributed by atoms with Gasteiger partial charge in [0.15, 0.2) is 6.29 Å². The molecule has 0 saturated heterocycles. The van der Waals surface area contributed by atoms with E-state index in [1.807, 2.05) is 12.1 Å². The molecule has 0 N–H and O–H groups in total. The molecule has 0 amide bonds. The van der Waals surface area contributed by atoms with E-state index < -0.39 is 0 Å². The Kier molecular flexibility index (Phi) is 7.33. The highest BCUT2D eigenvalue weighted by molar-refractivity contribution is 5.29. The van der Waals surface area contributed by atoms with Crippen LogP contribution < -0.4 is 4.74 Å². The van der Waals surface area contributed by atoms with E-state index in [1.165, 1.54) is 16.7 Å². The molecule has 2 heteroatoms. The fraction of sp³-hybridized carbons (Fsp3) is 0.455. The minimum atomic E-state index is -0.217. The maximum Gasteiger partial charge on any atom is 0.199 e. The summed E-state index contributed by atoms with van der Waals surface area (Å²) in [6, 6.07) is 17.0. The maximum absolute atomic E-state index is 5.98. The first-order chi connectivity index (χ1) is 11.7. The predicted octanol–water partition coefficient (Wildman–Crippen LogP) is 6.09. The van der Waals surface area contributed by atoms with Crippen LogP contribution in [0, 0.1) is 0 Å². The fourth-order valence-corrected chi connectivity index (χ4v) is 2.56. The van der Waals surface area contributed by atoms with Crippen LogP contribution in [0.4, 0.5) is 0 Å². The molecule has 24 heavy (non-hydrogen) atoms. The van der Waals surface area contributed by atoms with E-state index in [2.05, 4.69) is 64.1 Å². The molecule has 2 aromatic rings. The van der Waals surface area contributed by atoms with Gasteiger partial charge < -0.3 is 9.47 Å². The Balaban J connectivity index is 1.89. The van der Waals surface area contributed by atoms with Crippen molar-refractivity contribution < 1.29 is 9.47 Å². The average Bonchev–Trinajstić information content (AvgIpc) is 2.65. The van der Waals surface area contributed by atoms with Gasteiger partial charge >= 0.3 is 0 Å². The standard InChI is InChI=1S/C22H30O2/c1-5-17(4)20-12-14-21(15-13-20)24-22(7-3)23-16-19-10-8-18(6-2)9-11-19/h8-15,17,22H,5-7,16H2,1-4H3. The Bertz CT molecular complexity index is 586. The molecule has 2 unspecified atom stereocenters.